The lowest BCUT2D eigenvalue weighted by atomic mass is 10.8. The van der Waals surface area contributed by atoms with E-state index in [2.05, 4.69) is 4.18 Å². The van der Waals surface area contributed by atoms with Crippen molar-refractivity contribution in [2.24, 2.45) is 0 Å². The van der Waals surface area contributed by atoms with Crippen LogP contribution in [0.1, 0.15) is 0 Å². The third kappa shape index (κ3) is 39.0. The van der Waals surface area contributed by atoms with Gasteiger partial charge in [0, 0.05) is 0 Å². The van der Waals surface area contributed by atoms with Crippen LogP contribution in [0.3, 0.4) is 0 Å². The van der Waals surface area contributed by atoms with Gasteiger partial charge in [0.25, 0.3) is 0 Å². The molecule has 0 fully saturated rings. The van der Waals surface area contributed by atoms with Gasteiger partial charge in [0.1, 0.15) is 13.2 Å². The Morgan fingerprint density at radius 2 is 1.35 bits per heavy atom. The monoisotopic (exact) mass is 319 g/mol. The first-order chi connectivity index (χ1) is 7.21. The zero-order chi connectivity index (χ0) is 14.3. The lowest BCUT2D eigenvalue weighted by molar-refractivity contribution is -0.506. The smallest absolute Gasteiger partial charge is 0.429 e. The van der Waals surface area contributed by atoms with Crippen molar-refractivity contribution in [3.05, 3.63) is 0 Å². The zero-order valence-corrected chi connectivity index (χ0v) is 10.3. The molecule has 0 aliphatic heterocycles. The van der Waals surface area contributed by atoms with Crippen LogP contribution >= 0.6 is 0 Å². The number of nitrogens with two attached hydrogens (primary N) is 1. The molecule has 17 heavy (non-hydrogen) atoms. The van der Waals surface area contributed by atoms with Crippen molar-refractivity contribution in [2.75, 3.05) is 13.2 Å². The van der Waals surface area contributed by atoms with Crippen molar-refractivity contribution in [3.8, 4) is 0 Å². The molecule has 5 N–H and O–H groups in total. The molecule has 0 saturated carbocycles. The highest BCUT2D eigenvalue weighted by Gasteiger charge is 2.09. The molecule has 0 heterocycles. The second kappa shape index (κ2) is 7.13. The number of hydrogen-bond acceptors (Lipinski definition) is 8. The summed E-state index contributed by atoms with van der Waals surface area (Å²) in [5.41, 5.74) is 0. The Morgan fingerprint density at radius 1 is 1.00 bits per heavy atom. The van der Waals surface area contributed by atoms with Gasteiger partial charge in [0.2, 0.25) is 10.4 Å². The second-order valence-corrected chi connectivity index (χ2v) is 5.46. The van der Waals surface area contributed by atoms with Crippen LogP contribution in [0, 0.1) is 0 Å². The van der Waals surface area contributed by atoms with Crippen LogP contribution in [-0.2, 0) is 35.3 Å². The van der Waals surface area contributed by atoms with E-state index in [1.165, 1.54) is 0 Å². The fraction of sp³-hybridized carbons (Fsp3) is 1.00. The summed E-state index contributed by atoms with van der Waals surface area (Å²) in [6, 6.07) is 0. The summed E-state index contributed by atoms with van der Waals surface area (Å²) in [6.07, 6.45) is 0. The quantitative estimate of drug-likeness (QED) is 0.219. The van der Waals surface area contributed by atoms with Crippen LogP contribution in [0.5, 0.6) is 0 Å². The molecule has 0 amide bonds. The molecule has 0 unspecified atom stereocenters. The van der Waals surface area contributed by atoms with Crippen LogP contribution in [0.15, 0.2) is 0 Å². The van der Waals surface area contributed by atoms with E-state index in [0.717, 1.165) is 0 Å². The highest BCUT2D eigenvalue weighted by Crippen LogP contribution is 1.81. The normalized spacial score (nSPS) is 12.7. The first-order valence-electron chi connectivity index (χ1n) is 3.31. The molecule has 0 aromatic rings. The Bertz CT molecular complexity index is 455. The van der Waals surface area contributed by atoms with Gasteiger partial charge in [-0.3, -0.25) is 9.11 Å². The SMILES string of the molecule is O=S(=O)(O)[NH2+]CCOS(=O)(=O)O.O=S(=O)([O-])O. The van der Waals surface area contributed by atoms with Gasteiger partial charge in [-0.1, -0.05) is 0 Å². The predicted octanol–water partition coefficient (Wildman–Crippen LogP) is -3.82. The molecule has 0 spiro atoms. The molecule has 0 aliphatic carbocycles. The van der Waals surface area contributed by atoms with E-state index in [-0.39, 0.29) is 6.54 Å². The molecule has 0 radical (unpaired) electrons. The third-order valence-electron chi connectivity index (χ3n) is 0.679. The van der Waals surface area contributed by atoms with Crippen molar-refractivity contribution >= 4 is 31.1 Å². The predicted molar refractivity (Wildman–Crippen MR) is 48.2 cm³/mol. The summed E-state index contributed by atoms with van der Waals surface area (Å²) < 4.78 is 92.8. The minimum absolute atomic E-state index is 0.335. The van der Waals surface area contributed by atoms with Crippen molar-refractivity contribution in [1.29, 1.82) is 0 Å². The molecule has 0 saturated heterocycles. The van der Waals surface area contributed by atoms with Gasteiger partial charge in [0.15, 0.2) is 0 Å². The maximum absolute atomic E-state index is 9.99. The van der Waals surface area contributed by atoms with E-state index >= 15 is 0 Å². The Kier molecular flexibility index (Phi) is 7.96. The van der Waals surface area contributed by atoms with Gasteiger partial charge < -0.3 is 4.55 Å². The summed E-state index contributed by atoms with van der Waals surface area (Å²) in [7, 11) is -13.7. The average molecular weight is 319 g/mol. The van der Waals surface area contributed by atoms with Gasteiger partial charge in [-0.05, 0) is 0 Å². The topological polar surface area (TPSA) is 212 Å². The summed E-state index contributed by atoms with van der Waals surface area (Å²) in [5, 5.41) is 0. The van der Waals surface area contributed by atoms with Crippen molar-refractivity contribution in [3.63, 3.8) is 0 Å². The lowest BCUT2D eigenvalue weighted by Crippen LogP contribution is -2.88. The molecule has 106 valence electrons. The Hall–Kier alpha value is -0.390. The van der Waals surface area contributed by atoms with Crippen LogP contribution in [0.2, 0.25) is 0 Å². The Morgan fingerprint density at radius 3 is 1.59 bits per heavy atom. The fourth-order valence-electron chi connectivity index (χ4n) is 0.350. The fourth-order valence-corrected chi connectivity index (χ4v) is 1.05. The highest BCUT2D eigenvalue weighted by molar-refractivity contribution is 7.81. The number of rotatable bonds is 5. The second-order valence-electron chi connectivity index (χ2n) is 2.15. The minimum atomic E-state index is -4.92. The van der Waals surface area contributed by atoms with E-state index in [1.54, 1.807) is 0 Å². The molecular formula is C2H9NO11S3. The molecule has 0 bridgehead atoms. The first kappa shape index (κ1) is 19.0. The molecule has 0 aromatic carbocycles. The average Bonchev–Trinajstić information content (AvgIpc) is 1.91. The Labute approximate surface area is 97.0 Å². The largest absolute Gasteiger partial charge is 0.726 e. The number of hydrogen-bond donors (Lipinski definition) is 4. The van der Waals surface area contributed by atoms with Gasteiger partial charge in [-0.2, -0.15) is 8.42 Å². The van der Waals surface area contributed by atoms with Crippen molar-refractivity contribution in [1.82, 2.24) is 0 Å². The molecular weight excluding hydrogens is 310 g/mol. The van der Waals surface area contributed by atoms with Crippen molar-refractivity contribution in [2.45, 2.75) is 0 Å². The molecule has 0 aliphatic rings. The van der Waals surface area contributed by atoms with Gasteiger partial charge >= 0.3 is 20.7 Å². The van der Waals surface area contributed by atoms with Crippen LogP contribution in [-0.4, -0.2) is 56.6 Å². The summed E-state index contributed by atoms with van der Waals surface area (Å²) >= 11 is 0. The lowest BCUT2D eigenvalue weighted by Gasteiger charge is -1.96. The third-order valence-corrected chi connectivity index (χ3v) is 1.80. The van der Waals surface area contributed by atoms with Crippen LogP contribution in [0.25, 0.3) is 0 Å². The van der Waals surface area contributed by atoms with E-state index in [4.69, 9.17) is 26.6 Å². The molecule has 12 nitrogen and oxygen atoms in total. The Balaban J connectivity index is 0. The van der Waals surface area contributed by atoms with E-state index in [1.807, 2.05) is 0 Å². The molecule has 0 aromatic heterocycles. The first-order valence-corrected chi connectivity index (χ1v) is 7.55. The van der Waals surface area contributed by atoms with Gasteiger partial charge in [-0.15, -0.1) is 8.42 Å². The number of quaternary nitrogens is 1. The highest BCUT2D eigenvalue weighted by atomic mass is 32.3. The van der Waals surface area contributed by atoms with Crippen LogP contribution in [0.4, 0.5) is 0 Å². The minimum Gasteiger partial charge on any atom is -0.726 e. The summed E-state index contributed by atoms with van der Waals surface area (Å²) in [6.45, 7) is -0.878. The van der Waals surface area contributed by atoms with Crippen LogP contribution < -0.4 is 4.72 Å². The van der Waals surface area contributed by atoms with E-state index < -0.39 is 37.7 Å². The molecule has 15 heteroatoms. The molecule has 0 atom stereocenters. The summed E-state index contributed by atoms with van der Waals surface area (Å²) in [4.78, 5) is 0. The maximum atomic E-state index is 9.99. The summed E-state index contributed by atoms with van der Waals surface area (Å²) in [5.74, 6) is 0. The van der Waals surface area contributed by atoms with E-state index in [0.29, 0.717) is 4.72 Å². The van der Waals surface area contributed by atoms with Gasteiger partial charge in [0.05, 0.1) is 0 Å². The van der Waals surface area contributed by atoms with Gasteiger partial charge in [-0.25, -0.2) is 21.9 Å². The standard InChI is InChI=1S/C2H7NO7S2.H2O4S/c4-11(5,6)3-1-2-10-12(7,8)9;1-5(2,3)4/h3H,1-2H2,(H,4,5,6)(H,7,8,9);(H2,1,2,3,4). The zero-order valence-electron chi connectivity index (χ0n) is 7.82. The maximum Gasteiger partial charge on any atom is 0.429 e. The van der Waals surface area contributed by atoms with E-state index in [9.17, 15) is 16.8 Å². The van der Waals surface area contributed by atoms with Crippen molar-refractivity contribution < 1.29 is 52.4 Å². The molecule has 0 rings (SSSR count).